The summed E-state index contributed by atoms with van der Waals surface area (Å²) in [5, 5.41) is 14.3. The highest BCUT2D eigenvalue weighted by Crippen LogP contribution is 2.42. The van der Waals surface area contributed by atoms with Crippen LogP contribution in [0.15, 0.2) is 16.9 Å². The van der Waals surface area contributed by atoms with Crippen LogP contribution in [-0.2, 0) is 0 Å². The van der Waals surface area contributed by atoms with Gasteiger partial charge in [0.1, 0.15) is 11.9 Å². The number of nitrogens with zero attached hydrogens (tertiary/aromatic N) is 2. The van der Waals surface area contributed by atoms with Gasteiger partial charge in [-0.2, -0.15) is 0 Å². The number of aromatic nitrogens is 1. The van der Waals surface area contributed by atoms with Crippen molar-refractivity contribution in [2.24, 2.45) is 5.41 Å². The molecule has 1 fully saturated rings. The van der Waals surface area contributed by atoms with Crippen LogP contribution >= 0.6 is 15.9 Å². The molecule has 0 radical (unpaired) electrons. The van der Waals surface area contributed by atoms with E-state index in [-0.39, 0.29) is 11.1 Å². The molecule has 0 atom stereocenters. The van der Waals surface area contributed by atoms with Crippen molar-refractivity contribution in [3.63, 3.8) is 0 Å². The number of rotatable bonds is 5. The van der Waals surface area contributed by atoms with E-state index in [2.05, 4.69) is 33.2 Å². The molecule has 0 spiro atoms. The highest BCUT2D eigenvalue weighted by atomic mass is 79.9. The Bertz CT molecular complexity index is 473. The molecule has 1 N–H and O–H groups in total. The van der Waals surface area contributed by atoms with Crippen LogP contribution in [0, 0.1) is 15.5 Å². The first-order valence-electron chi connectivity index (χ1n) is 6.60. The summed E-state index contributed by atoms with van der Waals surface area (Å²) in [6.07, 6.45) is 8.91. The van der Waals surface area contributed by atoms with Gasteiger partial charge in [0.25, 0.3) is 0 Å². The Hall–Kier alpha value is -1.17. The minimum atomic E-state index is -0.395. The molecule has 1 heterocycles. The lowest BCUT2D eigenvalue weighted by Gasteiger charge is -2.28. The highest BCUT2D eigenvalue weighted by Gasteiger charge is 2.32. The topological polar surface area (TPSA) is 68.1 Å². The van der Waals surface area contributed by atoms with Crippen LogP contribution in [0.3, 0.4) is 0 Å². The third kappa shape index (κ3) is 3.05. The third-order valence-corrected chi connectivity index (χ3v) is 4.73. The van der Waals surface area contributed by atoms with Crippen LogP contribution in [0.5, 0.6) is 0 Å². The highest BCUT2D eigenvalue weighted by molar-refractivity contribution is 9.10. The average Bonchev–Trinajstić information content (AvgIpc) is 2.86. The Kier molecular flexibility index (Phi) is 4.39. The number of halogens is 1. The van der Waals surface area contributed by atoms with Crippen LogP contribution in [0.4, 0.5) is 11.4 Å². The Balaban J connectivity index is 2.17. The summed E-state index contributed by atoms with van der Waals surface area (Å²) in [7, 11) is 0. The van der Waals surface area contributed by atoms with Crippen molar-refractivity contribution >= 4 is 27.3 Å². The van der Waals surface area contributed by atoms with Crippen molar-refractivity contribution < 1.29 is 4.92 Å². The number of nitro groups is 1. The molecule has 0 bridgehead atoms. The van der Waals surface area contributed by atoms with Gasteiger partial charge >= 0.3 is 5.69 Å². The van der Waals surface area contributed by atoms with Gasteiger partial charge in [0.15, 0.2) is 0 Å². The van der Waals surface area contributed by atoms with Crippen LogP contribution in [0.25, 0.3) is 0 Å². The van der Waals surface area contributed by atoms with E-state index in [1.807, 2.05) is 0 Å². The zero-order chi connectivity index (χ0) is 13.9. The summed E-state index contributed by atoms with van der Waals surface area (Å²) >= 11 is 3.34. The minimum Gasteiger partial charge on any atom is -0.378 e. The quantitative estimate of drug-likeness (QED) is 0.652. The fraction of sp³-hybridized carbons (Fsp3) is 0.615. The molecule has 0 aromatic carbocycles. The van der Waals surface area contributed by atoms with Crippen molar-refractivity contribution in [1.29, 1.82) is 0 Å². The molecule has 0 aliphatic heterocycles. The molecule has 19 heavy (non-hydrogen) atoms. The molecule has 6 heteroatoms. The minimum absolute atomic E-state index is 0.0265. The molecule has 5 nitrogen and oxygen atoms in total. The molecule has 0 unspecified atom stereocenters. The second-order valence-corrected chi connectivity index (χ2v) is 6.04. The lowest BCUT2D eigenvalue weighted by atomic mass is 9.83. The third-order valence-electron chi connectivity index (χ3n) is 4.13. The summed E-state index contributed by atoms with van der Waals surface area (Å²) < 4.78 is 0.644. The maximum absolute atomic E-state index is 11.0. The van der Waals surface area contributed by atoms with Crippen molar-refractivity contribution in [3.05, 3.63) is 27.0 Å². The van der Waals surface area contributed by atoms with E-state index in [1.54, 1.807) is 6.20 Å². The monoisotopic (exact) mass is 327 g/mol. The van der Waals surface area contributed by atoms with Gasteiger partial charge in [-0.3, -0.25) is 15.1 Å². The van der Waals surface area contributed by atoms with Gasteiger partial charge < -0.3 is 5.32 Å². The summed E-state index contributed by atoms with van der Waals surface area (Å²) in [4.78, 5) is 14.5. The molecule has 1 saturated carbocycles. The van der Waals surface area contributed by atoms with Crippen LogP contribution in [0.1, 0.15) is 39.0 Å². The number of hydrogen-bond acceptors (Lipinski definition) is 4. The largest absolute Gasteiger partial charge is 0.378 e. The molecule has 0 amide bonds. The van der Waals surface area contributed by atoms with Crippen molar-refractivity contribution in [2.45, 2.75) is 39.0 Å². The molecule has 1 aliphatic rings. The maximum atomic E-state index is 11.0. The molecular weight excluding hydrogens is 310 g/mol. The van der Waals surface area contributed by atoms with E-state index in [0.717, 1.165) is 13.0 Å². The summed E-state index contributed by atoms with van der Waals surface area (Å²) in [5.74, 6) is 0. The lowest BCUT2D eigenvalue weighted by molar-refractivity contribution is -0.384. The number of nitrogens with one attached hydrogen (secondary N) is 1. The zero-order valence-corrected chi connectivity index (χ0v) is 12.6. The first kappa shape index (κ1) is 14.2. The van der Waals surface area contributed by atoms with Crippen LogP contribution < -0.4 is 5.32 Å². The van der Waals surface area contributed by atoms with Gasteiger partial charge in [-0.15, -0.1) is 0 Å². The number of pyridine rings is 1. The van der Waals surface area contributed by atoms with Gasteiger partial charge in [-0.1, -0.05) is 19.8 Å². The van der Waals surface area contributed by atoms with E-state index in [0.29, 0.717) is 10.2 Å². The maximum Gasteiger partial charge on any atom is 0.311 e. The van der Waals surface area contributed by atoms with Gasteiger partial charge in [0.2, 0.25) is 0 Å². The normalized spacial score (nSPS) is 17.4. The lowest BCUT2D eigenvalue weighted by Crippen LogP contribution is -2.26. The Morgan fingerprint density at radius 3 is 2.74 bits per heavy atom. The standard InChI is InChI=1S/C13H18BrN3O2/c1-2-13(5-3-4-6-13)9-16-12-10(14)7-15-8-11(12)17(18)19/h7-8H,2-6,9H2,1H3,(H,15,16). The van der Waals surface area contributed by atoms with Gasteiger partial charge in [0, 0.05) is 12.7 Å². The van der Waals surface area contributed by atoms with E-state index in [4.69, 9.17) is 0 Å². The van der Waals surface area contributed by atoms with Gasteiger partial charge in [-0.25, -0.2) is 0 Å². The predicted octanol–water partition coefficient (Wildman–Crippen LogP) is 4.13. The molecule has 104 valence electrons. The van der Waals surface area contributed by atoms with Crippen LogP contribution in [-0.4, -0.2) is 16.5 Å². The Morgan fingerprint density at radius 1 is 1.47 bits per heavy atom. The van der Waals surface area contributed by atoms with Crippen molar-refractivity contribution in [1.82, 2.24) is 4.98 Å². The predicted molar refractivity (Wildman–Crippen MR) is 78.3 cm³/mol. The SMILES string of the molecule is CCC1(CNc2c(Br)cncc2[N+](=O)[O-])CCCC1. The van der Waals surface area contributed by atoms with Crippen LogP contribution in [0.2, 0.25) is 0 Å². The Morgan fingerprint density at radius 2 is 2.16 bits per heavy atom. The van der Waals surface area contributed by atoms with E-state index in [9.17, 15) is 10.1 Å². The van der Waals surface area contributed by atoms with E-state index >= 15 is 0 Å². The molecule has 1 aromatic rings. The van der Waals surface area contributed by atoms with Crippen molar-refractivity contribution in [2.75, 3.05) is 11.9 Å². The Labute approximate surface area is 121 Å². The summed E-state index contributed by atoms with van der Waals surface area (Å²) in [6, 6.07) is 0. The first-order chi connectivity index (χ1) is 9.08. The zero-order valence-electron chi connectivity index (χ0n) is 11.0. The number of anilines is 1. The molecule has 0 saturated heterocycles. The second kappa shape index (κ2) is 5.86. The average molecular weight is 328 g/mol. The molecule has 1 aliphatic carbocycles. The number of hydrogen-bond donors (Lipinski definition) is 1. The summed E-state index contributed by atoms with van der Waals surface area (Å²) in [5.41, 5.74) is 0.856. The van der Waals surface area contributed by atoms with E-state index < -0.39 is 4.92 Å². The van der Waals surface area contributed by atoms with Gasteiger partial charge in [0.05, 0.1) is 9.40 Å². The molecule has 1 aromatic heterocycles. The van der Waals surface area contributed by atoms with Gasteiger partial charge in [-0.05, 0) is 40.6 Å². The van der Waals surface area contributed by atoms with Crippen molar-refractivity contribution in [3.8, 4) is 0 Å². The fourth-order valence-electron chi connectivity index (χ4n) is 2.79. The first-order valence-corrected chi connectivity index (χ1v) is 7.39. The fourth-order valence-corrected chi connectivity index (χ4v) is 3.26. The van der Waals surface area contributed by atoms with E-state index in [1.165, 1.54) is 31.9 Å². The smallest absolute Gasteiger partial charge is 0.311 e. The summed E-state index contributed by atoms with van der Waals surface area (Å²) in [6.45, 7) is 2.98. The second-order valence-electron chi connectivity index (χ2n) is 5.19. The molecular formula is C13H18BrN3O2. The molecule has 2 rings (SSSR count).